The summed E-state index contributed by atoms with van der Waals surface area (Å²) in [5.41, 5.74) is 4.20. The van der Waals surface area contributed by atoms with Crippen molar-refractivity contribution in [1.29, 1.82) is 0 Å². The van der Waals surface area contributed by atoms with Crippen LogP contribution in [0.15, 0.2) is 48.8 Å². The third-order valence-corrected chi connectivity index (χ3v) is 8.22. The predicted molar refractivity (Wildman–Crippen MR) is 142 cm³/mol. The minimum atomic E-state index is 0.0290. The summed E-state index contributed by atoms with van der Waals surface area (Å²) in [6.45, 7) is 6.30. The number of hydrogen-bond acceptors (Lipinski definition) is 6. The van der Waals surface area contributed by atoms with E-state index < -0.39 is 0 Å². The highest BCUT2D eigenvalue weighted by molar-refractivity contribution is 6.06. The molecule has 0 spiro atoms. The number of fused-ring (bicyclic) bond motifs is 2. The van der Waals surface area contributed by atoms with E-state index in [-0.39, 0.29) is 11.9 Å². The molecule has 1 saturated heterocycles. The Balaban J connectivity index is 0.942. The van der Waals surface area contributed by atoms with E-state index in [0.717, 1.165) is 80.3 Å². The molecule has 0 unspecified atom stereocenters. The molecule has 1 amide bonds. The van der Waals surface area contributed by atoms with Gasteiger partial charge in [-0.05, 0) is 62.8 Å². The van der Waals surface area contributed by atoms with E-state index >= 15 is 0 Å². The summed E-state index contributed by atoms with van der Waals surface area (Å²) in [6, 6.07) is 12.1. The van der Waals surface area contributed by atoms with Gasteiger partial charge in [-0.1, -0.05) is 18.2 Å². The maximum Gasteiger partial charge on any atom is 0.252 e. The lowest BCUT2D eigenvalue weighted by Crippen LogP contribution is -2.47. The monoisotopic (exact) mass is 485 g/mol. The molecule has 1 aromatic carbocycles. The number of ether oxygens (including phenoxy) is 1. The lowest BCUT2D eigenvalue weighted by Gasteiger charge is -2.37. The molecule has 4 heterocycles. The Kier molecular flexibility index (Phi) is 6.73. The molecule has 2 aromatic heterocycles. The quantitative estimate of drug-likeness (QED) is 0.568. The Labute approximate surface area is 212 Å². The van der Waals surface area contributed by atoms with E-state index in [1.165, 1.54) is 37.1 Å². The molecular weight excluding hydrogens is 450 g/mol. The van der Waals surface area contributed by atoms with E-state index in [1.54, 1.807) is 6.20 Å². The van der Waals surface area contributed by atoms with Crippen molar-refractivity contribution in [3.05, 3.63) is 59.9 Å². The van der Waals surface area contributed by atoms with Crippen molar-refractivity contribution in [3.63, 3.8) is 0 Å². The number of carbonyl (C=O) groups excluding carboxylic acids is 1. The summed E-state index contributed by atoms with van der Waals surface area (Å²) in [7, 11) is 0. The van der Waals surface area contributed by atoms with E-state index in [4.69, 9.17) is 4.74 Å². The number of hydrogen-bond donors (Lipinski definition) is 1. The minimum Gasteiger partial charge on any atom is -0.477 e. The number of para-hydroxylation sites is 1. The molecule has 1 aliphatic carbocycles. The molecule has 0 radical (unpaired) electrons. The zero-order valence-electron chi connectivity index (χ0n) is 20.9. The SMILES string of the molecule is O=C(NC1CCC(CCN2CCN(c3ccnc4c3CCO4)CC2)CC1)c1ccnc2ccccc12. The van der Waals surface area contributed by atoms with E-state index in [2.05, 4.69) is 31.2 Å². The van der Waals surface area contributed by atoms with Crippen LogP contribution in [0.25, 0.3) is 10.9 Å². The number of aromatic nitrogens is 2. The summed E-state index contributed by atoms with van der Waals surface area (Å²) in [5.74, 6) is 1.62. The molecule has 1 N–H and O–H groups in total. The topological polar surface area (TPSA) is 70.6 Å². The summed E-state index contributed by atoms with van der Waals surface area (Å²) in [4.78, 5) is 26.9. The summed E-state index contributed by atoms with van der Waals surface area (Å²) >= 11 is 0. The number of anilines is 1. The van der Waals surface area contributed by atoms with Crippen molar-refractivity contribution in [3.8, 4) is 5.88 Å². The number of carbonyl (C=O) groups is 1. The Morgan fingerprint density at radius 2 is 1.78 bits per heavy atom. The molecule has 36 heavy (non-hydrogen) atoms. The van der Waals surface area contributed by atoms with Gasteiger partial charge >= 0.3 is 0 Å². The molecule has 7 nitrogen and oxygen atoms in total. The molecule has 7 heteroatoms. The molecule has 2 aliphatic heterocycles. The fourth-order valence-corrected chi connectivity index (χ4v) is 6.10. The second kappa shape index (κ2) is 10.4. The van der Waals surface area contributed by atoms with Crippen molar-refractivity contribution < 1.29 is 9.53 Å². The van der Waals surface area contributed by atoms with Crippen LogP contribution in [0.4, 0.5) is 5.69 Å². The number of nitrogens with zero attached hydrogens (tertiary/aromatic N) is 4. The third kappa shape index (κ3) is 4.89. The molecule has 3 aliphatic rings. The first-order valence-electron chi connectivity index (χ1n) is 13.5. The lowest BCUT2D eigenvalue weighted by molar-refractivity contribution is 0.0921. The zero-order chi connectivity index (χ0) is 24.3. The van der Waals surface area contributed by atoms with Gasteiger partial charge in [0.15, 0.2) is 0 Å². The molecule has 1 saturated carbocycles. The van der Waals surface area contributed by atoms with Crippen LogP contribution in [0.2, 0.25) is 0 Å². The van der Waals surface area contributed by atoms with Gasteiger partial charge < -0.3 is 15.0 Å². The zero-order valence-corrected chi connectivity index (χ0v) is 20.9. The van der Waals surface area contributed by atoms with Gasteiger partial charge in [0.1, 0.15) is 0 Å². The van der Waals surface area contributed by atoms with Crippen molar-refractivity contribution in [1.82, 2.24) is 20.2 Å². The fraction of sp³-hybridized carbons (Fsp3) is 0.483. The highest BCUT2D eigenvalue weighted by Gasteiger charge is 2.26. The van der Waals surface area contributed by atoms with Gasteiger partial charge in [-0.2, -0.15) is 0 Å². The molecule has 3 aromatic rings. The van der Waals surface area contributed by atoms with Crippen LogP contribution >= 0.6 is 0 Å². The van der Waals surface area contributed by atoms with Gasteiger partial charge in [0.05, 0.1) is 17.7 Å². The first-order valence-corrected chi connectivity index (χ1v) is 13.5. The predicted octanol–water partition coefficient (Wildman–Crippen LogP) is 4.07. The van der Waals surface area contributed by atoms with Crippen LogP contribution < -0.4 is 15.0 Å². The number of pyridine rings is 2. The van der Waals surface area contributed by atoms with Gasteiger partial charge in [-0.15, -0.1) is 0 Å². The number of amides is 1. The fourth-order valence-electron chi connectivity index (χ4n) is 6.10. The largest absolute Gasteiger partial charge is 0.477 e. The lowest BCUT2D eigenvalue weighted by atomic mass is 9.84. The molecule has 0 bridgehead atoms. The van der Waals surface area contributed by atoms with Crippen molar-refractivity contribution in [2.75, 3.05) is 44.2 Å². The molecule has 2 fully saturated rings. The molecule has 0 atom stereocenters. The maximum absolute atomic E-state index is 13.0. The average Bonchev–Trinajstić information content (AvgIpc) is 3.42. The summed E-state index contributed by atoms with van der Waals surface area (Å²) in [5, 5.41) is 4.22. The smallest absolute Gasteiger partial charge is 0.252 e. The second-order valence-corrected chi connectivity index (χ2v) is 10.4. The molecule has 188 valence electrons. The first kappa shape index (κ1) is 23.2. The number of piperazine rings is 1. The third-order valence-electron chi connectivity index (χ3n) is 8.22. The highest BCUT2D eigenvalue weighted by atomic mass is 16.5. The van der Waals surface area contributed by atoms with Gasteiger partial charge in [0, 0.05) is 67.7 Å². The maximum atomic E-state index is 13.0. The Bertz CT molecular complexity index is 1210. The van der Waals surface area contributed by atoms with Gasteiger partial charge in [0.2, 0.25) is 5.88 Å². The van der Waals surface area contributed by atoms with Crippen LogP contribution in [0.3, 0.4) is 0 Å². The summed E-state index contributed by atoms with van der Waals surface area (Å²) in [6.07, 6.45) is 10.4. The van der Waals surface area contributed by atoms with Gasteiger partial charge in [-0.25, -0.2) is 4.98 Å². The standard InChI is InChI=1S/C29H35N5O2/c35-28(24-9-13-30-26-4-2-1-3-23(24)26)32-22-7-5-21(6-8-22)11-15-33-16-18-34(19-17-33)27-10-14-31-29-25(27)12-20-36-29/h1-4,9-10,13-14,21-22H,5-8,11-12,15-20H2,(H,32,35). The van der Waals surface area contributed by atoms with Crippen molar-refractivity contribution in [2.45, 2.75) is 44.6 Å². The van der Waals surface area contributed by atoms with Crippen molar-refractivity contribution >= 4 is 22.5 Å². The number of benzene rings is 1. The number of nitrogens with one attached hydrogen (secondary N) is 1. The van der Waals surface area contributed by atoms with E-state index in [9.17, 15) is 4.79 Å². The number of rotatable bonds is 6. The minimum absolute atomic E-state index is 0.0290. The normalized spacial score (nSPS) is 22.3. The first-order chi connectivity index (χ1) is 17.7. The van der Waals surface area contributed by atoms with Crippen LogP contribution in [-0.4, -0.2) is 66.1 Å². The van der Waals surface area contributed by atoms with Crippen molar-refractivity contribution in [2.24, 2.45) is 5.92 Å². The van der Waals surface area contributed by atoms with Crippen LogP contribution in [0.1, 0.15) is 48.0 Å². The Morgan fingerprint density at radius 1 is 0.972 bits per heavy atom. The van der Waals surface area contributed by atoms with Crippen LogP contribution in [0, 0.1) is 5.92 Å². The average molecular weight is 486 g/mol. The molecule has 6 rings (SSSR count). The second-order valence-electron chi connectivity index (χ2n) is 10.4. The van der Waals surface area contributed by atoms with Gasteiger partial charge in [-0.3, -0.25) is 14.7 Å². The van der Waals surface area contributed by atoms with Gasteiger partial charge in [0.25, 0.3) is 5.91 Å². The Hall–Kier alpha value is -3.19. The van der Waals surface area contributed by atoms with Crippen LogP contribution in [0.5, 0.6) is 5.88 Å². The van der Waals surface area contributed by atoms with E-state index in [0.29, 0.717) is 0 Å². The molecular formula is C29H35N5O2. The van der Waals surface area contributed by atoms with Crippen LogP contribution in [-0.2, 0) is 6.42 Å². The van der Waals surface area contributed by atoms with E-state index in [1.807, 2.05) is 36.5 Å². The Morgan fingerprint density at radius 3 is 2.64 bits per heavy atom. The highest BCUT2D eigenvalue weighted by Crippen LogP contribution is 2.33. The summed E-state index contributed by atoms with van der Waals surface area (Å²) < 4.78 is 5.65.